The zero-order valence-corrected chi connectivity index (χ0v) is 25.8. The lowest BCUT2D eigenvalue weighted by Crippen LogP contribution is -2.39. The van der Waals surface area contributed by atoms with Crippen LogP contribution in [0.4, 0.5) is 16.2 Å². The zero-order chi connectivity index (χ0) is 30.3. The maximum atomic E-state index is 13.4. The number of para-hydroxylation sites is 1. The second-order valence-electron chi connectivity index (χ2n) is 11.1. The van der Waals surface area contributed by atoms with E-state index >= 15 is 0 Å². The van der Waals surface area contributed by atoms with Gasteiger partial charge in [0.2, 0.25) is 11.9 Å². The number of nitrogens with one attached hydrogen (secondary N) is 2. The average molecular weight is 620 g/mol. The standard InChI is InChI=1S/C33H35ClFN5O2S/c1-40(2)31-27-5-3-4-6-28(27)38-33(39-31)37-25-15-7-21(8-16-25)20-36-32(42)30(43-26-17-11-23(34)12-18-26)19-29(41)22-9-13-24(35)14-10-22/h3-6,9-14,17-18,21,25,30H,7-8,15-16,19-20H2,1-2H3,(H,36,42)(H,37,38,39). The van der Waals surface area contributed by atoms with E-state index in [-0.39, 0.29) is 24.2 Å². The Morgan fingerprint density at radius 3 is 2.37 bits per heavy atom. The summed E-state index contributed by atoms with van der Waals surface area (Å²) in [6, 6.07) is 20.9. The van der Waals surface area contributed by atoms with Crippen molar-refractivity contribution in [1.29, 1.82) is 0 Å². The molecular formula is C33H35ClFN5O2S. The Balaban J connectivity index is 1.17. The highest BCUT2D eigenvalue weighted by Crippen LogP contribution is 2.30. The van der Waals surface area contributed by atoms with Gasteiger partial charge < -0.3 is 15.5 Å². The molecule has 0 aliphatic heterocycles. The first-order chi connectivity index (χ1) is 20.7. The number of aromatic nitrogens is 2. The van der Waals surface area contributed by atoms with Gasteiger partial charge in [0.05, 0.1) is 10.8 Å². The highest BCUT2D eigenvalue weighted by atomic mass is 35.5. The molecule has 1 aliphatic rings. The largest absolute Gasteiger partial charge is 0.362 e. The normalized spacial score (nSPS) is 17.3. The van der Waals surface area contributed by atoms with Crippen LogP contribution in [0.1, 0.15) is 42.5 Å². The van der Waals surface area contributed by atoms with Crippen molar-refractivity contribution in [2.75, 3.05) is 30.9 Å². The van der Waals surface area contributed by atoms with Crippen LogP contribution in [0.15, 0.2) is 77.7 Å². The van der Waals surface area contributed by atoms with E-state index in [2.05, 4.69) is 10.6 Å². The van der Waals surface area contributed by atoms with Gasteiger partial charge in [0.1, 0.15) is 11.6 Å². The molecule has 224 valence electrons. The topological polar surface area (TPSA) is 87.2 Å². The van der Waals surface area contributed by atoms with Gasteiger partial charge in [-0.25, -0.2) is 9.37 Å². The van der Waals surface area contributed by atoms with Gasteiger partial charge in [-0.15, -0.1) is 11.8 Å². The first kappa shape index (κ1) is 30.8. The Bertz CT molecular complexity index is 1560. The number of thioether (sulfide) groups is 1. The predicted octanol–water partition coefficient (Wildman–Crippen LogP) is 7.01. The van der Waals surface area contributed by atoms with Crippen LogP contribution in [0.3, 0.4) is 0 Å². The van der Waals surface area contributed by atoms with Gasteiger partial charge in [0.25, 0.3) is 0 Å². The van der Waals surface area contributed by atoms with Crippen molar-refractivity contribution in [2.45, 2.75) is 48.3 Å². The fourth-order valence-electron chi connectivity index (χ4n) is 5.30. The van der Waals surface area contributed by atoms with E-state index in [1.807, 2.05) is 55.4 Å². The number of hydrogen-bond acceptors (Lipinski definition) is 7. The molecule has 5 rings (SSSR count). The molecule has 1 heterocycles. The van der Waals surface area contributed by atoms with Crippen LogP contribution < -0.4 is 15.5 Å². The SMILES string of the molecule is CN(C)c1nc(NC2CCC(CNC(=O)C(CC(=O)c3ccc(F)cc3)Sc3ccc(Cl)cc3)CC2)nc2ccccc12. The maximum absolute atomic E-state index is 13.4. The summed E-state index contributed by atoms with van der Waals surface area (Å²) >= 11 is 7.37. The van der Waals surface area contributed by atoms with Gasteiger partial charge in [-0.2, -0.15) is 4.98 Å². The van der Waals surface area contributed by atoms with Gasteiger partial charge in [-0.3, -0.25) is 9.59 Å². The number of hydrogen-bond donors (Lipinski definition) is 2. The van der Waals surface area contributed by atoms with Crippen molar-refractivity contribution in [2.24, 2.45) is 5.92 Å². The number of carbonyl (C=O) groups is 2. The lowest BCUT2D eigenvalue weighted by atomic mass is 9.86. The third-order valence-electron chi connectivity index (χ3n) is 7.67. The summed E-state index contributed by atoms with van der Waals surface area (Å²) in [5.41, 5.74) is 1.29. The van der Waals surface area contributed by atoms with Crippen LogP contribution in [0.25, 0.3) is 10.9 Å². The Hall–Kier alpha value is -3.69. The van der Waals surface area contributed by atoms with Crippen LogP contribution in [-0.2, 0) is 4.79 Å². The number of halogens is 2. The van der Waals surface area contributed by atoms with Crippen molar-refractivity contribution in [3.05, 3.63) is 89.2 Å². The minimum atomic E-state index is -0.632. The molecule has 0 bridgehead atoms. The highest BCUT2D eigenvalue weighted by Gasteiger charge is 2.27. The molecule has 1 unspecified atom stereocenters. The average Bonchev–Trinajstić information content (AvgIpc) is 3.01. The number of carbonyl (C=O) groups excluding carboxylic acids is 2. The second-order valence-corrected chi connectivity index (χ2v) is 12.8. The zero-order valence-electron chi connectivity index (χ0n) is 24.2. The van der Waals surface area contributed by atoms with E-state index < -0.39 is 11.1 Å². The summed E-state index contributed by atoms with van der Waals surface area (Å²) in [6.45, 7) is 0.547. The lowest BCUT2D eigenvalue weighted by molar-refractivity contribution is -0.120. The second kappa shape index (κ2) is 14.2. The Morgan fingerprint density at radius 2 is 1.67 bits per heavy atom. The van der Waals surface area contributed by atoms with Crippen molar-refractivity contribution in [3.63, 3.8) is 0 Å². The molecule has 1 saturated carbocycles. The number of amides is 1. The van der Waals surface area contributed by atoms with E-state index in [4.69, 9.17) is 21.6 Å². The summed E-state index contributed by atoms with van der Waals surface area (Å²) in [5.74, 6) is 1.05. The minimum Gasteiger partial charge on any atom is -0.362 e. The summed E-state index contributed by atoms with van der Waals surface area (Å²) in [5, 5.41) is 7.63. The first-order valence-electron chi connectivity index (χ1n) is 14.4. The number of Topliss-reactive ketones (excluding diaryl/α,β-unsaturated/α-hetero) is 1. The first-order valence-corrected chi connectivity index (χ1v) is 15.7. The molecule has 0 radical (unpaired) electrons. The summed E-state index contributed by atoms with van der Waals surface area (Å²) < 4.78 is 13.4. The van der Waals surface area contributed by atoms with Crippen LogP contribution in [0, 0.1) is 11.7 Å². The van der Waals surface area contributed by atoms with Gasteiger partial charge in [-0.1, -0.05) is 23.7 Å². The van der Waals surface area contributed by atoms with Gasteiger partial charge >= 0.3 is 0 Å². The number of anilines is 2. The molecule has 0 spiro atoms. The van der Waals surface area contributed by atoms with Crippen LogP contribution in [0.2, 0.25) is 5.02 Å². The van der Waals surface area contributed by atoms with Crippen molar-refractivity contribution in [1.82, 2.24) is 15.3 Å². The van der Waals surface area contributed by atoms with Crippen molar-refractivity contribution in [3.8, 4) is 0 Å². The van der Waals surface area contributed by atoms with E-state index in [1.165, 1.54) is 36.0 Å². The molecule has 43 heavy (non-hydrogen) atoms. The Morgan fingerprint density at radius 1 is 0.977 bits per heavy atom. The molecule has 4 aromatic rings. The molecule has 1 aliphatic carbocycles. The van der Waals surface area contributed by atoms with Crippen LogP contribution in [-0.4, -0.2) is 53.6 Å². The molecule has 7 nitrogen and oxygen atoms in total. The molecular weight excluding hydrogens is 585 g/mol. The van der Waals surface area contributed by atoms with Gasteiger partial charge in [0.15, 0.2) is 5.78 Å². The molecule has 2 N–H and O–H groups in total. The number of fused-ring (bicyclic) bond motifs is 1. The summed E-state index contributed by atoms with van der Waals surface area (Å²) in [4.78, 5) is 38.7. The number of ketones is 1. The highest BCUT2D eigenvalue weighted by molar-refractivity contribution is 8.00. The molecule has 1 atom stereocenters. The van der Waals surface area contributed by atoms with E-state index in [0.717, 1.165) is 47.3 Å². The summed E-state index contributed by atoms with van der Waals surface area (Å²) in [7, 11) is 3.96. The smallest absolute Gasteiger partial charge is 0.233 e. The number of rotatable bonds is 11. The molecule has 1 aromatic heterocycles. The molecule has 0 saturated heterocycles. The van der Waals surface area contributed by atoms with Gasteiger partial charge in [-0.05, 0) is 92.3 Å². The molecule has 3 aromatic carbocycles. The number of benzene rings is 3. The third kappa shape index (κ3) is 8.24. The van der Waals surface area contributed by atoms with Crippen LogP contribution >= 0.6 is 23.4 Å². The monoisotopic (exact) mass is 619 g/mol. The van der Waals surface area contributed by atoms with E-state index in [0.29, 0.717) is 29.0 Å². The quantitative estimate of drug-likeness (QED) is 0.138. The fraction of sp³-hybridized carbons (Fsp3) is 0.333. The van der Waals surface area contributed by atoms with Crippen molar-refractivity contribution >= 4 is 57.7 Å². The summed E-state index contributed by atoms with van der Waals surface area (Å²) in [6.07, 6.45) is 3.80. The third-order valence-corrected chi connectivity index (χ3v) is 9.13. The maximum Gasteiger partial charge on any atom is 0.233 e. The van der Waals surface area contributed by atoms with E-state index in [1.54, 1.807) is 12.1 Å². The molecule has 1 fully saturated rings. The number of nitrogens with zero attached hydrogens (tertiary/aromatic N) is 3. The fourth-order valence-corrected chi connectivity index (χ4v) is 6.48. The van der Waals surface area contributed by atoms with Gasteiger partial charge in [0, 0.05) is 54.0 Å². The molecule has 1 amide bonds. The Kier molecular flexibility index (Phi) is 10.1. The lowest BCUT2D eigenvalue weighted by Gasteiger charge is -2.30. The Labute approximate surface area is 260 Å². The predicted molar refractivity (Wildman–Crippen MR) is 173 cm³/mol. The molecule has 10 heteroatoms. The van der Waals surface area contributed by atoms with E-state index in [9.17, 15) is 14.0 Å². The van der Waals surface area contributed by atoms with Crippen molar-refractivity contribution < 1.29 is 14.0 Å². The minimum absolute atomic E-state index is 0.00210. The van der Waals surface area contributed by atoms with Crippen LogP contribution in [0.5, 0.6) is 0 Å².